The fourth-order valence-electron chi connectivity index (χ4n) is 3.59. The number of anilines is 1. The molecule has 0 atom stereocenters. The highest BCUT2D eigenvalue weighted by molar-refractivity contribution is 14.0. The van der Waals surface area contributed by atoms with Crippen LogP contribution in [0.2, 0.25) is 0 Å². The van der Waals surface area contributed by atoms with Crippen LogP contribution in [0.5, 0.6) is 5.75 Å². The van der Waals surface area contributed by atoms with Crippen LogP contribution in [0.4, 0.5) is 5.69 Å². The Bertz CT molecular complexity index is 913. The summed E-state index contributed by atoms with van der Waals surface area (Å²) in [7, 11) is 1.70. The number of rotatable bonds is 9. The Kier molecular flexibility index (Phi) is 10.8. The molecule has 3 N–H and O–H groups in total. The normalized spacial score (nSPS) is 13.5. The van der Waals surface area contributed by atoms with Crippen molar-refractivity contribution in [3.05, 3.63) is 59.2 Å². The molecule has 0 unspecified atom stereocenters. The number of aliphatic imine (C=N–C) groups is 1. The van der Waals surface area contributed by atoms with E-state index in [0.717, 1.165) is 61.7 Å². The predicted octanol–water partition coefficient (Wildman–Crippen LogP) is 4.66. The van der Waals surface area contributed by atoms with Crippen LogP contribution in [-0.4, -0.2) is 32.1 Å². The minimum atomic E-state index is 0. The first-order valence-corrected chi connectivity index (χ1v) is 11.1. The molecule has 3 rings (SSSR count). The largest absolute Gasteiger partial charge is 0.496 e. The van der Waals surface area contributed by atoms with Crippen LogP contribution in [0.3, 0.4) is 0 Å². The maximum atomic E-state index is 12.2. The SMILES string of the molecule is CCNC(=NCc1cccc(NC(=O)C2CCC2)c1)NCCc1cc(C)ccc1OC.I. The number of carbonyl (C=O) groups excluding carboxylic acids is 1. The number of hydrogen-bond donors (Lipinski definition) is 3. The molecule has 6 nitrogen and oxygen atoms in total. The van der Waals surface area contributed by atoms with Gasteiger partial charge in [0.25, 0.3) is 0 Å². The van der Waals surface area contributed by atoms with Crippen LogP contribution in [0, 0.1) is 12.8 Å². The Morgan fingerprint density at radius 1 is 1.16 bits per heavy atom. The molecule has 174 valence electrons. The molecule has 1 fully saturated rings. The number of benzene rings is 2. The molecule has 1 aliphatic carbocycles. The maximum absolute atomic E-state index is 12.2. The van der Waals surface area contributed by atoms with E-state index < -0.39 is 0 Å². The van der Waals surface area contributed by atoms with Gasteiger partial charge in [-0.2, -0.15) is 0 Å². The monoisotopic (exact) mass is 550 g/mol. The van der Waals surface area contributed by atoms with Crippen molar-refractivity contribution >= 4 is 41.5 Å². The lowest BCUT2D eigenvalue weighted by Gasteiger charge is -2.24. The van der Waals surface area contributed by atoms with Crippen LogP contribution in [0.25, 0.3) is 0 Å². The Labute approximate surface area is 208 Å². The van der Waals surface area contributed by atoms with Crippen molar-refractivity contribution in [1.29, 1.82) is 0 Å². The van der Waals surface area contributed by atoms with E-state index in [-0.39, 0.29) is 35.8 Å². The highest BCUT2D eigenvalue weighted by atomic mass is 127. The molecule has 1 amide bonds. The minimum Gasteiger partial charge on any atom is -0.496 e. The third-order valence-corrected chi connectivity index (χ3v) is 5.56. The van der Waals surface area contributed by atoms with Crippen LogP contribution in [-0.2, 0) is 17.8 Å². The van der Waals surface area contributed by atoms with Crippen LogP contribution in [0.1, 0.15) is 42.9 Å². The summed E-state index contributed by atoms with van der Waals surface area (Å²) in [6.45, 7) is 6.22. The standard InChI is InChI=1S/C25H34N4O2.HI/c1-4-26-25(27-14-13-21-15-18(2)11-12-23(21)31-3)28-17-19-7-5-10-22(16-19)29-24(30)20-8-6-9-20;/h5,7,10-12,15-16,20H,4,6,8-9,13-14,17H2,1-3H3,(H,29,30)(H2,26,27,28);1H. The Balaban J connectivity index is 0.00000363. The van der Waals surface area contributed by atoms with Crippen molar-refractivity contribution in [1.82, 2.24) is 10.6 Å². The number of ether oxygens (including phenoxy) is 1. The van der Waals surface area contributed by atoms with Gasteiger partial charge in [-0.1, -0.05) is 36.2 Å². The van der Waals surface area contributed by atoms with Crippen molar-refractivity contribution in [3.63, 3.8) is 0 Å². The zero-order chi connectivity index (χ0) is 22.1. The third kappa shape index (κ3) is 7.69. The molecule has 1 saturated carbocycles. The molecule has 0 heterocycles. The molecule has 2 aromatic carbocycles. The molecule has 1 aliphatic rings. The number of amides is 1. The first-order valence-electron chi connectivity index (χ1n) is 11.1. The van der Waals surface area contributed by atoms with Crippen LogP contribution >= 0.6 is 24.0 Å². The van der Waals surface area contributed by atoms with Gasteiger partial charge in [0.05, 0.1) is 13.7 Å². The summed E-state index contributed by atoms with van der Waals surface area (Å²) in [6, 6.07) is 14.2. The summed E-state index contributed by atoms with van der Waals surface area (Å²) in [5.41, 5.74) is 4.31. The summed E-state index contributed by atoms with van der Waals surface area (Å²) < 4.78 is 5.47. The van der Waals surface area contributed by atoms with Gasteiger partial charge in [0.15, 0.2) is 5.96 Å². The second-order valence-electron chi connectivity index (χ2n) is 8.00. The third-order valence-electron chi connectivity index (χ3n) is 5.56. The van der Waals surface area contributed by atoms with Gasteiger partial charge in [-0.05, 0) is 62.4 Å². The molecule has 0 saturated heterocycles. The number of hydrogen-bond acceptors (Lipinski definition) is 3. The smallest absolute Gasteiger partial charge is 0.227 e. The van der Waals surface area contributed by atoms with Gasteiger partial charge in [-0.15, -0.1) is 24.0 Å². The lowest BCUT2D eigenvalue weighted by Crippen LogP contribution is -2.38. The molecule has 0 spiro atoms. The fourth-order valence-corrected chi connectivity index (χ4v) is 3.59. The zero-order valence-electron chi connectivity index (χ0n) is 19.2. The Hall–Kier alpha value is -2.29. The van der Waals surface area contributed by atoms with E-state index in [4.69, 9.17) is 9.73 Å². The fraction of sp³-hybridized carbons (Fsp3) is 0.440. The zero-order valence-corrected chi connectivity index (χ0v) is 21.6. The minimum absolute atomic E-state index is 0. The number of nitrogens with zero attached hydrogens (tertiary/aromatic N) is 1. The number of methoxy groups -OCH3 is 1. The summed E-state index contributed by atoms with van der Waals surface area (Å²) >= 11 is 0. The molecular weight excluding hydrogens is 515 g/mol. The van der Waals surface area contributed by atoms with Crippen molar-refractivity contribution < 1.29 is 9.53 Å². The molecular formula is C25H35IN4O2. The van der Waals surface area contributed by atoms with Gasteiger partial charge in [0, 0.05) is 24.7 Å². The van der Waals surface area contributed by atoms with E-state index in [2.05, 4.69) is 41.9 Å². The first kappa shape index (κ1) is 26.0. The number of carbonyl (C=O) groups is 1. The lowest BCUT2D eigenvalue weighted by molar-refractivity contribution is -0.122. The highest BCUT2D eigenvalue weighted by Gasteiger charge is 2.25. The van der Waals surface area contributed by atoms with Crippen molar-refractivity contribution in [2.45, 2.75) is 46.1 Å². The van der Waals surface area contributed by atoms with E-state index in [0.29, 0.717) is 6.54 Å². The molecule has 0 aromatic heterocycles. The maximum Gasteiger partial charge on any atom is 0.227 e. The molecule has 32 heavy (non-hydrogen) atoms. The molecule has 7 heteroatoms. The van der Waals surface area contributed by atoms with E-state index in [9.17, 15) is 4.79 Å². The van der Waals surface area contributed by atoms with Crippen LogP contribution < -0.4 is 20.7 Å². The van der Waals surface area contributed by atoms with Gasteiger partial charge in [0.2, 0.25) is 5.91 Å². The summed E-state index contributed by atoms with van der Waals surface area (Å²) in [6.07, 6.45) is 4.01. The second kappa shape index (κ2) is 13.3. The van der Waals surface area contributed by atoms with Gasteiger partial charge in [-0.3, -0.25) is 4.79 Å². The van der Waals surface area contributed by atoms with E-state index in [1.807, 2.05) is 30.3 Å². The molecule has 2 aromatic rings. The van der Waals surface area contributed by atoms with Crippen LogP contribution in [0.15, 0.2) is 47.5 Å². The Morgan fingerprint density at radius 3 is 2.66 bits per heavy atom. The van der Waals surface area contributed by atoms with Gasteiger partial charge in [-0.25, -0.2) is 4.99 Å². The summed E-state index contributed by atoms with van der Waals surface area (Å²) in [4.78, 5) is 16.9. The van der Waals surface area contributed by atoms with Gasteiger partial charge in [0.1, 0.15) is 5.75 Å². The predicted molar refractivity (Wildman–Crippen MR) is 142 cm³/mol. The average Bonchev–Trinajstić information content (AvgIpc) is 2.71. The first-order chi connectivity index (χ1) is 15.1. The van der Waals surface area contributed by atoms with Gasteiger partial charge >= 0.3 is 0 Å². The van der Waals surface area contributed by atoms with E-state index >= 15 is 0 Å². The summed E-state index contributed by atoms with van der Waals surface area (Å²) in [5.74, 6) is 2.00. The molecule has 0 bridgehead atoms. The number of halogens is 1. The number of guanidine groups is 1. The van der Waals surface area contributed by atoms with E-state index in [1.165, 1.54) is 11.1 Å². The highest BCUT2D eigenvalue weighted by Crippen LogP contribution is 2.27. The quantitative estimate of drug-likeness (QED) is 0.241. The number of nitrogens with one attached hydrogen (secondary N) is 3. The van der Waals surface area contributed by atoms with E-state index in [1.54, 1.807) is 7.11 Å². The molecule has 0 radical (unpaired) electrons. The number of aryl methyl sites for hydroxylation is 1. The Morgan fingerprint density at radius 2 is 1.97 bits per heavy atom. The topological polar surface area (TPSA) is 74.8 Å². The lowest BCUT2D eigenvalue weighted by atomic mass is 9.85. The second-order valence-corrected chi connectivity index (χ2v) is 8.00. The van der Waals surface area contributed by atoms with Crippen molar-refractivity contribution in [2.75, 3.05) is 25.5 Å². The van der Waals surface area contributed by atoms with Crippen molar-refractivity contribution in [2.24, 2.45) is 10.9 Å². The molecule has 0 aliphatic heterocycles. The summed E-state index contributed by atoms with van der Waals surface area (Å²) in [5, 5.41) is 9.73. The van der Waals surface area contributed by atoms with Gasteiger partial charge < -0.3 is 20.7 Å². The van der Waals surface area contributed by atoms with Crippen molar-refractivity contribution in [3.8, 4) is 5.75 Å². The average molecular weight is 550 g/mol.